The Bertz CT molecular complexity index is 1020. The van der Waals surface area contributed by atoms with Crippen LogP contribution in [0, 0.1) is 0 Å². The Hall–Kier alpha value is -2.41. The van der Waals surface area contributed by atoms with Gasteiger partial charge >= 0.3 is 0 Å². The third-order valence-electron chi connectivity index (χ3n) is 3.79. The molecule has 0 saturated carbocycles. The van der Waals surface area contributed by atoms with Crippen LogP contribution in [0.2, 0.25) is 0 Å². The first-order chi connectivity index (χ1) is 12.0. The van der Waals surface area contributed by atoms with Gasteiger partial charge < -0.3 is 5.32 Å². The standard InChI is InChI=1S/C19H18N2O3S.ClH/c1-14(22)21-18-11-5-10-17-16(18)9-6-12-19(17)25(23,24)20-13-15-7-3-2-4-8-15;/h2-12,20H,13H2,1H3,(H,21,22);1H. The summed E-state index contributed by atoms with van der Waals surface area (Å²) in [5.74, 6) is -0.206. The summed E-state index contributed by atoms with van der Waals surface area (Å²) < 4.78 is 28.1. The van der Waals surface area contributed by atoms with Gasteiger partial charge in [0.2, 0.25) is 15.9 Å². The van der Waals surface area contributed by atoms with Crippen LogP contribution >= 0.6 is 12.4 Å². The van der Waals surface area contributed by atoms with Crippen molar-refractivity contribution in [3.05, 3.63) is 72.3 Å². The van der Waals surface area contributed by atoms with E-state index in [9.17, 15) is 13.2 Å². The van der Waals surface area contributed by atoms with Crippen molar-refractivity contribution in [3.63, 3.8) is 0 Å². The second-order valence-corrected chi connectivity index (χ2v) is 7.38. The SMILES string of the molecule is CC(=O)Nc1cccc2c(S(=O)(=O)NCc3ccccc3)cccc12.Cl. The lowest BCUT2D eigenvalue weighted by Gasteiger charge is -2.12. The number of carbonyl (C=O) groups is 1. The van der Waals surface area contributed by atoms with E-state index in [4.69, 9.17) is 0 Å². The molecule has 2 N–H and O–H groups in total. The average molecular weight is 391 g/mol. The van der Waals surface area contributed by atoms with Crippen LogP contribution in [0.25, 0.3) is 10.8 Å². The molecule has 0 spiro atoms. The quantitative estimate of drug-likeness (QED) is 0.697. The molecule has 1 amide bonds. The molecule has 5 nitrogen and oxygen atoms in total. The maximum Gasteiger partial charge on any atom is 0.241 e. The molecule has 0 unspecified atom stereocenters. The van der Waals surface area contributed by atoms with Gasteiger partial charge in [0.1, 0.15) is 0 Å². The summed E-state index contributed by atoms with van der Waals surface area (Å²) in [6, 6.07) is 19.6. The molecule has 0 atom stereocenters. The maximum absolute atomic E-state index is 12.8. The number of amides is 1. The number of halogens is 1. The number of anilines is 1. The smallest absolute Gasteiger partial charge is 0.241 e. The number of carbonyl (C=O) groups excluding carboxylic acids is 1. The molecule has 0 aromatic heterocycles. The molecule has 136 valence electrons. The number of sulfonamides is 1. The van der Waals surface area contributed by atoms with E-state index in [0.29, 0.717) is 16.5 Å². The second kappa shape index (κ2) is 8.31. The molecular formula is C19H19ClN2O3S. The van der Waals surface area contributed by atoms with Crippen LogP contribution in [-0.4, -0.2) is 14.3 Å². The van der Waals surface area contributed by atoms with Gasteiger partial charge in [0.05, 0.1) is 4.90 Å². The monoisotopic (exact) mass is 390 g/mol. The molecule has 26 heavy (non-hydrogen) atoms. The van der Waals surface area contributed by atoms with E-state index in [1.807, 2.05) is 30.3 Å². The van der Waals surface area contributed by atoms with Crippen LogP contribution in [0.5, 0.6) is 0 Å². The molecule has 0 bridgehead atoms. The van der Waals surface area contributed by atoms with Gasteiger partial charge in [-0.15, -0.1) is 12.4 Å². The van der Waals surface area contributed by atoms with E-state index < -0.39 is 10.0 Å². The molecule has 3 aromatic rings. The van der Waals surface area contributed by atoms with E-state index in [1.165, 1.54) is 6.92 Å². The summed E-state index contributed by atoms with van der Waals surface area (Å²) in [5.41, 5.74) is 1.47. The van der Waals surface area contributed by atoms with Crippen molar-refractivity contribution in [2.75, 3.05) is 5.32 Å². The van der Waals surface area contributed by atoms with E-state index in [2.05, 4.69) is 10.0 Å². The lowest BCUT2D eigenvalue weighted by atomic mass is 10.1. The molecule has 0 aliphatic carbocycles. The van der Waals surface area contributed by atoms with Crippen LogP contribution < -0.4 is 10.0 Å². The van der Waals surface area contributed by atoms with Crippen molar-refractivity contribution in [2.45, 2.75) is 18.4 Å². The Morgan fingerprint density at radius 2 is 1.54 bits per heavy atom. The largest absolute Gasteiger partial charge is 0.326 e. The lowest BCUT2D eigenvalue weighted by Crippen LogP contribution is -2.23. The van der Waals surface area contributed by atoms with E-state index >= 15 is 0 Å². The first-order valence-electron chi connectivity index (χ1n) is 7.80. The Morgan fingerprint density at radius 1 is 0.885 bits per heavy atom. The predicted octanol–water partition coefficient (Wildman–Crippen LogP) is 3.70. The minimum absolute atomic E-state index is 0. The molecule has 0 saturated heterocycles. The normalized spacial score (nSPS) is 11.0. The van der Waals surface area contributed by atoms with Crippen molar-refractivity contribution >= 4 is 44.8 Å². The van der Waals surface area contributed by atoms with Crippen molar-refractivity contribution < 1.29 is 13.2 Å². The molecule has 0 aliphatic heterocycles. The minimum atomic E-state index is -3.69. The van der Waals surface area contributed by atoms with Crippen LogP contribution in [0.3, 0.4) is 0 Å². The van der Waals surface area contributed by atoms with Crippen molar-refractivity contribution in [1.29, 1.82) is 0 Å². The van der Waals surface area contributed by atoms with Gasteiger partial charge in [-0.05, 0) is 17.7 Å². The van der Waals surface area contributed by atoms with Gasteiger partial charge in [-0.2, -0.15) is 0 Å². The van der Waals surface area contributed by atoms with Crippen LogP contribution in [0.15, 0.2) is 71.6 Å². The van der Waals surface area contributed by atoms with Crippen molar-refractivity contribution in [2.24, 2.45) is 0 Å². The summed E-state index contributed by atoms with van der Waals surface area (Å²) in [6.45, 7) is 1.63. The van der Waals surface area contributed by atoms with Crippen LogP contribution in [0.1, 0.15) is 12.5 Å². The number of rotatable bonds is 5. The molecular weight excluding hydrogens is 372 g/mol. The van der Waals surface area contributed by atoms with E-state index in [0.717, 1.165) is 5.56 Å². The van der Waals surface area contributed by atoms with Crippen molar-refractivity contribution in [1.82, 2.24) is 4.72 Å². The number of fused-ring (bicyclic) bond motifs is 1. The fraction of sp³-hybridized carbons (Fsp3) is 0.105. The number of benzene rings is 3. The van der Waals surface area contributed by atoms with Gasteiger partial charge in [-0.1, -0.05) is 54.6 Å². The summed E-state index contributed by atoms with van der Waals surface area (Å²) in [6.07, 6.45) is 0. The predicted molar refractivity (Wildman–Crippen MR) is 106 cm³/mol. The maximum atomic E-state index is 12.8. The molecule has 7 heteroatoms. The zero-order valence-electron chi connectivity index (χ0n) is 14.1. The molecule has 0 aliphatic rings. The number of hydrogen-bond acceptors (Lipinski definition) is 3. The number of nitrogens with one attached hydrogen (secondary N) is 2. The third kappa shape index (κ3) is 4.40. The van der Waals surface area contributed by atoms with Gasteiger partial charge in [-0.3, -0.25) is 4.79 Å². The Labute approximate surface area is 158 Å². The Balaban J connectivity index is 0.00000243. The van der Waals surface area contributed by atoms with E-state index in [-0.39, 0.29) is 29.8 Å². The zero-order chi connectivity index (χ0) is 17.9. The Morgan fingerprint density at radius 3 is 2.23 bits per heavy atom. The highest BCUT2D eigenvalue weighted by Gasteiger charge is 2.18. The van der Waals surface area contributed by atoms with E-state index in [1.54, 1.807) is 36.4 Å². The summed E-state index contributed by atoms with van der Waals surface area (Å²) in [4.78, 5) is 11.5. The molecule has 0 radical (unpaired) electrons. The van der Waals surface area contributed by atoms with Gasteiger partial charge in [-0.25, -0.2) is 13.1 Å². The fourth-order valence-corrected chi connectivity index (χ4v) is 3.90. The highest BCUT2D eigenvalue weighted by molar-refractivity contribution is 7.89. The molecule has 3 aromatic carbocycles. The summed E-state index contributed by atoms with van der Waals surface area (Å²) in [7, 11) is -3.69. The average Bonchev–Trinajstić information content (AvgIpc) is 2.60. The third-order valence-corrected chi connectivity index (χ3v) is 5.25. The lowest BCUT2D eigenvalue weighted by molar-refractivity contribution is -0.114. The van der Waals surface area contributed by atoms with Crippen LogP contribution in [-0.2, 0) is 21.4 Å². The second-order valence-electron chi connectivity index (χ2n) is 5.65. The molecule has 3 rings (SSSR count). The number of hydrogen-bond donors (Lipinski definition) is 2. The summed E-state index contributed by atoms with van der Waals surface area (Å²) >= 11 is 0. The van der Waals surface area contributed by atoms with Crippen LogP contribution in [0.4, 0.5) is 5.69 Å². The highest BCUT2D eigenvalue weighted by atomic mass is 35.5. The summed E-state index contributed by atoms with van der Waals surface area (Å²) in [5, 5.41) is 3.98. The first kappa shape index (κ1) is 19.9. The van der Waals surface area contributed by atoms with Gasteiger partial charge in [0, 0.05) is 29.9 Å². The zero-order valence-corrected chi connectivity index (χ0v) is 15.7. The van der Waals surface area contributed by atoms with Gasteiger partial charge in [0.15, 0.2) is 0 Å². The molecule has 0 fully saturated rings. The highest BCUT2D eigenvalue weighted by Crippen LogP contribution is 2.28. The molecule has 0 heterocycles. The van der Waals surface area contributed by atoms with Crippen molar-refractivity contribution in [3.8, 4) is 0 Å². The fourth-order valence-electron chi connectivity index (χ4n) is 2.67. The minimum Gasteiger partial charge on any atom is -0.326 e. The topological polar surface area (TPSA) is 75.3 Å². The van der Waals surface area contributed by atoms with Gasteiger partial charge in [0.25, 0.3) is 0 Å². The first-order valence-corrected chi connectivity index (χ1v) is 9.28. The Kier molecular flexibility index (Phi) is 6.37.